The van der Waals surface area contributed by atoms with Gasteiger partial charge < -0.3 is 49.9 Å². The van der Waals surface area contributed by atoms with Crippen LogP contribution in [0.25, 0.3) is 0 Å². The Morgan fingerprint density at radius 3 is 0.865 bits per heavy atom. The summed E-state index contributed by atoms with van der Waals surface area (Å²) in [7, 11) is 0. The molecule has 0 bridgehead atoms. The van der Waals surface area contributed by atoms with Gasteiger partial charge in [-0.15, -0.1) is 0 Å². The molecule has 0 spiro atoms. The number of hydrogen-bond acceptors (Lipinski definition) is 18. The number of rotatable bonds is 16. The Morgan fingerprint density at radius 2 is 0.568 bits per heavy atom. The van der Waals surface area contributed by atoms with Crippen LogP contribution in [0.2, 0.25) is 0 Å². The largest absolute Gasteiger partial charge is 0.368 e. The van der Waals surface area contributed by atoms with E-state index >= 15 is 0 Å². The molecule has 18 heteroatoms. The predicted molar refractivity (Wildman–Crippen MR) is 143 cm³/mol. The second-order valence-corrected chi connectivity index (χ2v) is 7.92. The summed E-state index contributed by atoms with van der Waals surface area (Å²) in [5.74, 6) is 2.12. The second-order valence-electron chi connectivity index (χ2n) is 7.92. The van der Waals surface area contributed by atoms with E-state index in [1.54, 1.807) is 0 Å². The first kappa shape index (κ1) is 26.8. The Hall–Kier alpha value is -4.77. The van der Waals surface area contributed by atoms with Gasteiger partial charge in [0.25, 0.3) is 0 Å². The quantitative estimate of drug-likeness (QED) is 0.109. The number of anilines is 9. The van der Waals surface area contributed by atoms with E-state index in [0.29, 0.717) is 50.0 Å². The smallest absolute Gasteiger partial charge is 0.229 e. The van der Waals surface area contributed by atoms with Crippen LogP contribution in [0.4, 0.5) is 53.5 Å². The third kappa shape index (κ3) is 10.2. The van der Waals surface area contributed by atoms with Crippen LogP contribution < -0.4 is 49.9 Å². The molecule has 0 fully saturated rings. The van der Waals surface area contributed by atoms with Crippen molar-refractivity contribution in [1.29, 1.82) is 0 Å². The van der Waals surface area contributed by atoms with Crippen molar-refractivity contribution in [3.8, 4) is 0 Å². The standard InChI is InChI=1S/C19H34N18/c20-11-29-12(21)32-16(31-11)25-7-3-1-5-9-27-18-35-15(24)36-19(37-18)28-10-6-2-4-8-26-17-33-13(22)30-14(23)34-17/h1-10H2,(H5,20,21,25,29,31,32)(H5,22,23,26,30,33,34)(H4,24,27,28,35,36,37). The van der Waals surface area contributed by atoms with Gasteiger partial charge in [-0.25, -0.2) is 0 Å². The fraction of sp³-hybridized carbons (Fsp3) is 0.526. The maximum absolute atomic E-state index is 5.83. The van der Waals surface area contributed by atoms with Crippen molar-refractivity contribution in [2.75, 3.05) is 76.1 Å². The van der Waals surface area contributed by atoms with Crippen molar-refractivity contribution >= 4 is 53.5 Å². The summed E-state index contributed by atoms with van der Waals surface area (Å²) in [6.45, 7) is 2.76. The predicted octanol–water partition coefficient (Wildman–Crippen LogP) is -0.459. The van der Waals surface area contributed by atoms with Gasteiger partial charge in [-0.05, 0) is 38.5 Å². The molecule has 0 radical (unpaired) electrons. The lowest BCUT2D eigenvalue weighted by Crippen LogP contribution is -2.13. The fourth-order valence-electron chi connectivity index (χ4n) is 3.18. The van der Waals surface area contributed by atoms with E-state index < -0.39 is 0 Å². The molecule has 0 unspecified atom stereocenters. The lowest BCUT2D eigenvalue weighted by molar-refractivity contribution is 0.712. The van der Waals surface area contributed by atoms with E-state index in [9.17, 15) is 0 Å². The first-order valence-electron chi connectivity index (χ1n) is 11.9. The first-order valence-corrected chi connectivity index (χ1v) is 11.9. The monoisotopic (exact) mass is 514 g/mol. The molecule has 0 aliphatic rings. The molecule has 0 aliphatic heterocycles. The zero-order valence-electron chi connectivity index (χ0n) is 20.5. The lowest BCUT2D eigenvalue weighted by Gasteiger charge is -2.09. The summed E-state index contributed by atoms with van der Waals surface area (Å²) in [4.78, 5) is 36.0. The van der Waals surface area contributed by atoms with Crippen LogP contribution in [0.15, 0.2) is 0 Å². The van der Waals surface area contributed by atoms with Crippen molar-refractivity contribution in [2.45, 2.75) is 38.5 Å². The highest BCUT2D eigenvalue weighted by Crippen LogP contribution is 2.09. The minimum absolute atomic E-state index is 0.0899. The van der Waals surface area contributed by atoms with E-state index in [-0.39, 0.29) is 29.7 Å². The number of nitrogens with zero attached hydrogens (tertiary/aromatic N) is 9. The van der Waals surface area contributed by atoms with Crippen molar-refractivity contribution in [2.24, 2.45) is 0 Å². The maximum atomic E-state index is 5.83. The van der Waals surface area contributed by atoms with Gasteiger partial charge in [-0.3, -0.25) is 0 Å². The molecule has 18 nitrogen and oxygen atoms in total. The number of nitrogens with two attached hydrogens (primary N) is 5. The Kier molecular flexibility index (Phi) is 10.1. The average Bonchev–Trinajstić information content (AvgIpc) is 2.81. The number of nitrogens with one attached hydrogen (secondary N) is 4. The lowest BCUT2D eigenvalue weighted by atomic mass is 10.2. The fourth-order valence-corrected chi connectivity index (χ4v) is 3.18. The number of hydrogen-bond donors (Lipinski definition) is 9. The van der Waals surface area contributed by atoms with Crippen LogP contribution in [0, 0.1) is 0 Å². The minimum atomic E-state index is 0.0899. The van der Waals surface area contributed by atoms with Crippen LogP contribution >= 0.6 is 0 Å². The highest BCUT2D eigenvalue weighted by atomic mass is 15.2. The molecule has 0 aromatic carbocycles. The van der Waals surface area contributed by atoms with Crippen molar-refractivity contribution in [3.63, 3.8) is 0 Å². The SMILES string of the molecule is Nc1nc(N)nc(NCCCCCNc2nc(N)nc(NCCCCCNc3nc(N)nc(N)n3)n2)n1. The summed E-state index contributed by atoms with van der Waals surface area (Å²) in [6.07, 6.45) is 5.57. The summed E-state index contributed by atoms with van der Waals surface area (Å²) in [5.41, 5.74) is 28.0. The van der Waals surface area contributed by atoms with Gasteiger partial charge in [0.1, 0.15) is 0 Å². The van der Waals surface area contributed by atoms with Gasteiger partial charge in [-0.1, -0.05) is 0 Å². The Bertz CT molecular complexity index is 1000. The van der Waals surface area contributed by atoms with E-state index in [4.69, 9.17) is 28.7 Å². The van der Waals surface area contributed by atoms with Crippen LogP contribution in [-0.2, 0) is 0 Å². The molecule has 0 atom stereocenters. The Balaban J connectivity index is 1.25. The molecule has 0 saturated heterocycles. The first-order chi connectivity index (χ1) is 17.9. The molecule has 0 saturated carbocycles. The second kappa shape index (κ2) is 14.0. The van der Waals surface area contributed by atoms with Crippen LogP contribution in [0.1, 0.15) is 38.5 Å². The zero-order valence-corrected chi connectivity index (χ0v) is 20.5. The molecule has 0 amide bonds. The summed E-state index contributed by atoms with van der Waals surface area (Å²) in [5, 5.41) is 12.5. The third-order valence-corrected chi connectivity index (χ3v) is 4.83. The van der Waals surface area contributed by atoms with Crippen LogP contribution in [-0.4, -0.2) is 71.0 Å². The topological polar surface area (TPSA) is 294 Å². The third-order valence-electron chi connectivity index (χ3n) is 4.83. The number of unbranched alkanes of at least 4 members (excludes halogenated alkanes) is 4. The summed E-state index contributed by atoms with van der Waals surface area (Å²) >= 11 is 0. The zero-order chi connectivity index (χ0) is 26.5. The van der Waals surface area contributed by atoms with Crippen molar-refractivity contribution < 1.29 is 0 Å². The minimum Gasteiger partial charge on any atom is -0.368 e. The summed E-state index contributed by atoms with van der Waals surface area (Å²) < 4.78 is 0. The average molecular weight is 515 g/mol. The molecule has 37 heavy (non-hydrogen) atoms. The van der Waals surface area contributed by atoms with Gasteiger partial charge >= 0.3 is 0 Å². The molecular weight excluding hydrogens is 480 g/mol. The number of aromatic nitrogens is 9. The molecule has 0 aliphatic carbocycles. The normalized spacial score (nSPS) is 10.7. The molecular formula is C19H34N18. The molecule has 200 valence electrons. The van der Waals surface area contributed by atoms with Gasteiger partial charge in [0, 0.05) is 26.2 Å². The van der Waals surface area contributed by atoms with Crippen LogP contribution in [0.3, 0.4) is 0 Å². The van der Waals surface area contributed by atoms with Gasteiger partial charge in [0.15, 0.2) is 0 Å². The Morgan fingerprint density at radius 1 is 0.324 bits per heavy atom. The van der Waals surface area contributed by atoms with E-state index in [0.717, 1.165) is 38.5 Å². The highest BCUT2D eigenvalue weighted by molar-refractivity contribution is 5.40. The van der Waals surface area contributed by atoms with E-state index in [1.165, 1.54) is 0 Å². The summed E-state index contributed by atoms with van der Waals surface area (Å²) in [6, 6.07) is 0. The molecule has 3 heterocycles. The molecule has 3 aromatic rings. The van der Waals surface area contributed by atoms with Crippen molar-refractivity contribution in [3.05, 3.63) is 0 Å². The van der Waals surface area contributed by atoms with Gasteiger partial charge in [-0.2, -0.15) is 44.9 Å². The van der Waals surface area contributed by atoms with Gasteiger partial charge in [0.2, 0.25) is 53.5 Å². The highest BCUT2D eigenvalue weighted by Gasteiger charge is 2.05. The van der Waals surface area contributed by atoms with E-state index in [1.807, 2.05) is 0 Å². The molecule has 14 N–H and O–H groups in total. The Labute approximate surface area is 213 Å². The molecule has 3 rings (SSSR count). The number of nitrogen functional groups attached to an aromatic ring is 5. The maximum Gasteiger partial charge on any atom is 0.229 e. The van der Waals surface area contributed by atoms with Gasteiger partial charge in [0.05, 0.1) is 0 Å². The van der Waals surface area contributed by atoms with Crippen LogP contribution in [0.5, 0.6) is 0 Å². The van der Waals surface area contributed by atoms with E-state index in [2.05, 4.69) is 66.1 Å². The molecule has 3 aromatic heterocycles. The van der Waals surface area contributed by atoms with Crippen molar-refractivity contribution in [1.82, 2.24) is 44.9 Å².